The summed E-state index contributed by atoms with van der Waals surface area (Å²) >= 11 is 0. The highest BCUT2D eigenvalue weighted by Crippen LogP contribution is 2.28. The molecule has 0 saturated heterocycles. The maximum atomic E-state index is 13.0. The lowest BCUT2D eigenvalue weighted by atomic mass is 10.1. The molecular weight excluding hydrogens is 293 g/mol. The molecule has 0 aliphatic carbocycles. The van der Waals surface area contributed by atoms with Gasteiger partial charge in [-0.1, -0.05) is 45.2 Å². The van der Waals surface area contributed by atoms with Crippen molar-refractivity contribution in [3.63, 3.8) is 0 Å². The number of hydrogen-bond donors (Lipinski definition) is 0. The van der Waals surface area contributed by atoms with E-state index in [1.165, 1.54) is 12.1 Å². The van der Waals surface area contributed by atoms with Gasteiger partial charge in [-0.3, -0.25) is 0 Å². The van der Waals surface area contributed by atoms with Gasteiger partial charge in [-0.2, -0.15) is 13.2 Å². The van der Waals surface area contributed by atoms with Crippen LogP contribution in [0.5, 0.6) is 0 Å². The van der Waals surface area contributed by atoms with Crippen molar-refractivity contribution in [1.29, 1.82) is 0 Å². The van der Waals surface area contributed by atoms with E-state index in [9.17, 15) is 18.0 Å². The normalized spacial score (nSPS) is 13.0. The first-order valence-electron chi connectivity index (χ1n) is 7.66. The van der Waals surface area contributed by atoms with E-state index in [0.29, 0.717) is 24.8 Å². The van der Waals surface area contributed by atoms with E-state index in [-0.39, 0.29) is 12.0 Å². The van der Waals surface area contributed by atoms with Crippen molar-refractivity contribution in [2.24, 2.45) is 0 Å². The van der Waals surface area contributed by atoms with E-state index in [1.54, 1.807) is 6.07 Å². The Morgan fingerprint density at radius 1 is 1.27 bits per heavy atom. The quantitative estimate of drug-likeness (QED) is 0.492. The highest BCUT2D eigenvalue weighted by Gasteiger charge is 2.42. The summed E-state index contributed by atoms with van der Waals surface area (Å²) in [6.45, 7) is 3.81. The first-order valence-corrected chi connectivity index (χ1v) is 7.66. The van der Waals surface area contributed by atoms with Crippen LogP contribution >= 0.6 is 0 Å². The van der Waals surface area contributed by atoms with Crippen LogP contribution in [0.25, 0.3) is 0 Å². The van der Waals surface area contributed by atoms with Crippen molar-refractivity contribution in [2.45, 2.75) is 64.7 Å². The lowest BCUT2D eigenvalue weighted by Gasteiger charge is -2.21. The van der Waals surface area contributed by atoms with Gasteiger partial charge in [-0.05, 0) is 37.0 Å². The first kappa shape index (κ1) is 18.5. The molecule has 0 bridgehead atoms. The van der Waals surface area contributed by atoms with Gasteiger partial charge in [0.1, 0.15) is 0 Å². The lowest BCUT2D eigenvalue weighted by Crippen LogP contribution is -2.34. The average Bonchev–Trinajstić information content (AvgIpc) is 2.49. The number of carbonyl (C=O) groups is 1. The Balaban J connectivity index is 2.74. The summed E-state index contributed by atoms with van der Waals surface area (Å²) < 4.78 is 43.8. The van der Waals surface area contributed by atoms with Gasteiger partial charge in [0, 0.05) is 0 Å². The Morgan fingerprint density at radius 2 is 2.00 bits per heavy atom. The summed E-state index contributed by atoms with van der Waals surface area (Å²) in [6.07, 6.45) is -3.29. The summed E-state index contributed by atoms with van der Waals surface area (Å²) in [7, 11) is 0. The number of halogens is 3. The number of benzene rings is 1. The minimum atomic E-state index is -4.53. The zero-order valence-corrected chi connectivity index (χ0v) is 13.0. The van der Waals surface area contributed by atoms with Crippen molar-refractivity contribution in [3.8, 4) is 0 Å². The van der Waals surface area contributed by atoms with Gasteiger partial charge in [-0.25, -0.2) is 4.79 Å². The molecule has 0 aromatic heterocycles. The van der Waals surface area contributed by atoms with Crippen LogP contribution in [0.2, 0.25) is 0 Å². The number of ether oxygens (including phenoxy) is 1. The molecule has 1 rings (SSSR count). The number of alkyl halides is 3. The second-order valence-electron chi connectivity index (χ2n) is 5.22. The fraction of sp³-hybridized carbons (Fsp3) is 0.588. The molecule has 1 aromatic rings. The fourth-order valence-electron chi connectivity index (χ4n) is 2.20. The second kappa shape index (κ2) is 8.81. The lowest BCUT2D eigenvalue weighted by molar-refractivity contribution is -0.206. The molecule has 1 unspecified atom stereocenters. The molecule has 0 amide bonds. The molecule has 1 aromatic carbocycles. The standard InChI is InChI=1S/C17H22F3O2/c1-3-5-6-7-12-15(17(18,19)20)22-16(21)14-11-9-8-10-13(14)4-2/h9-11,15H,3-7,12H2,1-2H3. The van der Waals surface area contributed by atoms with E-state index in [4.69, 9.17) is 4.74 Å². The summed E-state index contributed by atoms with van der Waals surface area (Å²) in [5.41, 5.74) is 0.823. The molecule has 1 atom stereocenters. The van der Waals surface area contributed by atoms with Crippen molar-refractivity contribution in [2.75, 3.05) is 0 Å². The molecule has 0 fully saturated rings. The maximum Gasteiger partial charge on any atom is 0.425 e. The van der Waals surface area contributed by atoms with Gasteiger partial charge < -0.3 is 4.74 Å². The van der Waals surface area contributed by atoms with Crippen molar-refractivity contribution in [3.05, 3.63) is 35.4 Å². The first-order chi connectivity index (χ1) is 10.4. The van der Waals surface area contributed by atoms with E-state index >= 15 is 0 Å². The molecule has 0 saturated carbocycles. The van der Waals surface area contributed by atoms with Crippen molar-refractivity contribution in [1.82, 2.24) is 0 Å². The molecule has 123 valence electrons. The van der Waals surface area contributed by atoms with Crippen LogP contribution < -0.4 is 0 Å². The van der Waals surface area contributed by atoms with Crippen molar-refractivity contribution >= 4 is 5.97 Å². The molecule has 0 N–H and O–H groups in total. The number of rotatable bonds is 8. The maximum absolute atomic E-state index is 13.0. The number of aryl methyl sites for hydroxylation is 1. The minimum Gasteiger partial charge on any atom is -0.449 e. The van der Waals surface area contributed by atoms with Crippen LogP contribution in [0.4, 0.5) is 13.2 Å². The van der Waals surface area contributed by atoms with Crippen LogP contribution in [-0.4, -0.2) is 18.2 Å². The fourth-order valence-corrected chi connectivity index (χ4v) is 2.20. The molecular formula is C17H22F3O2. The molecule has 0 aliphatic heterocycles. The summed E-state index contributed by atoms with van der Waals surface area (Å²) in [6, 6.07) is 7.36. The predicted molar refractivity (Wildman–Crippen MR) is 78.7 cm³/mol. The van der Waals surface area contributed by atoms with Crippen LogP contribution in [0.15, 0.2) is 18.2 Å². The monoisotopic (exact) mass is 315 g/mol. The highest BCUT2D eigenvalue weighted by atomic mass is 19.4. The topological polar surface area (TPSA) is 26.3 Å². The number of carbonyl (C=O) groups excluding carboxylic acids is 1. The van der Waals surface area contributed by atoms with Gasteiger partial charge >= 0.3 is 12.1 Å². The smallest absolute Gasteiger partial charge is 0.425 e. The molecule has 22 heavy (non-hydrogen) atoms. The van der Waals surface area contributed by atoms with Gasteiger partial charge in [0.25, 0.3) is 0 Å². The largest absolute Gasteiger partial charge is 0.449 e. The van der Waals surface area contributed by atoms with Crippen LogP contribution in [0.1, 0.15) is 61.9 Å². The van der Waals surface area contributed by atoms with Gasteiger partial charge in [-0.15, -0.1) is 0 Å². The second-order valence-corrected chi connectivity index (χ2v) is 5.22. The van der Waals surface area contributed by atoms with Crippen LogP contribution in [0.3, 0.4) is 0 Å². The highest BCUT2D eigenvalue weighted by molar-refractivity contribution is 5.91. The number of esters is 1. The molecule has 0 heterocycles. The number of hydrogen-bond acceptors (Lipinski definition) is 2. The van der Waals surface area contributed by atoms with E-state index in [1.807, 2.05) is 13.8 Å². The van der Waals surface area contributed by atoms with E-state index in [0.717, 1.165) is 12.8 Å². The van der Waals surface area contributed by atoms with Crippen LogP contribution in [0, 0.1) is 6.07 Å². The predicted octanol–water partition coefficient (Wildman–Crippen LogP) is 5.11. The summed E-state index contributed by atoms with van der Waals surface area (Å²) in [5.74, 6) is -0.913. The zero-order valence-electron chi connectivity index (χ0n) is 13.0. The van der Waals surface area contributed by atoms with Crippen molar-refractivity contribution < 1.29 is 22.7 Å². The Bertz CT molecular complexity index is 469. The SMILES string of the molecule is CCCCCCC(OC(=O)c1cc[c]cc1CC)C(F)(F)F. The Labute approximate surface area is 129 Å². The van der Waals surface area contributed by atoms with E-state index < -0.39 is 18.2 Å². The number of unbranched alkanes of at least 4 members (excludes halogenated alkanes) is 3. The molecule has 1 radical (unpaired) electrons. The van der Waals surface area contributed by atoms with E-state index in [2.05, 4.69) is 6.07 Å². The van der Waals surface area contributed by atoms with Gasteiger partial charge in [0.2, 0.25) is 0 Å². The Hall–Kier alpha value is -1.52. The Morgan fingerprint density at radius 3 is 2.59 bits per heavy atom. The molecule has 5 heteroatoms. The Kier molecular flexibility index (Phi) is 7.42. The van der Waals surface area contributed by atoms with Gasteiger partial charge in [0.05, 0.1) is 5.56 Å². The third-order valence-corrected chi connectivity index (χ3v) is 3.48. The summed E-state index contributed by atoms with van der Waals surface area (Å²) in [4.78, 5) is 12.0. The van der Waals surface area contributed by atoms with Gasteiger partial charge in [0.15, 0.2) is 6.10 Å². The average molecular weight is 315 g/mol. The minimum absolute atomic E-state index is 0.184. The molecule has 0 spiro atoms. The van der Waals surface area contributed by atoms with Crippen LogP contribution in [-0.2, 0) is 11.2 Å². The summed E-state index contributed by atoms with van der Waals surface area (Å²) in [5, 5.41) is 0. The molecule has 2 nitrogen and oxygen atoms in total. The zero-order chi connectivity index (χ0) is 16.6. The third-order valence-electron chi connectivity index (χ3n) is 3.48. The third kappa shape index (κ3) is 5.70. The molecule has 0 aliphatic rings.